The number of ether oxygens (including phenoxy) is 2. The molecule has 3 N–H and O–H groups in total. The number of rotatable bonds is 3. The molecule has 106 valence electrons. The molecule has 3 unspecified atom stereocenters. The van der Waals surface area contributed by atoms with Crippen LogP contribution >= 0.6 is 0 Å². The van der Waals surface area contributed by atoms with Crippen LogP contribution in [0.4, 0.5) is 0 Å². The number of nitrogens with zero attached hydrogens (tertiary/aromatic N) is 2. The molecule has 7 heteroatoms. The normalized spacial score (nSPS) is 20.4. The zero-order chi connectivity index (χ0) is 14.1. The molecular weight excluding hydrogens is 262 g/mol. The summed E-state index contributed by atoms with van der Waals surface area (Å²) in [7, 11) is 0. The van der Waals surface area contributed by atoms with Crippen molar-refractivity contribution >= 4 is 0 Å². The SMILES string of the molecule is CC(O)C(N)c1nc(C2COc3ccccc3O2)no1. The molecule has 0 aliphatic carbocycles. The summed E-state index contributed by atoms with van der Waals surface area (Å²) in [6.45, 7) is 1.85. The third-order valence-electron chi connectivity index (χ3n) is 3.06. The first-order valence-electron chi connectivity index (χ1n) is 6.31. The maximum absolute atomic E-state index is 9.42. The average molecular weight is 277 g/mol. The molecule has 0 bridgehead atoms. The van der Waals surface area contributed by atoms with Crippen LogP contribution in [-0.2, 0) is 0 Å². The zero-order valence-electron chi connectivity index (χ0n) is 10.9. The molecule has 2 aromatic rings. The van der Waals surface area contributed by atoms with E-state index in [0.717, 1.165) is 0 Å². The van der Waals surface area contributed by atoms with E-state index in [1.54, 1.807) is 6.92 Å². The standard InChI is InChI=1S/C13H15N3O4/c1-7(17)11(14)13-15-12(16-20-13)10-6-18-8-4-2-3-5-9(8)19-10/h2-5,7,10-11,17H,6,14H2,1H3. The van der Waals surface area contributed by atoms with Crippen molar-refractivity contribution in [2.75, 3.05) is 6.61 Å². The fourth-order valence-electron chi connectivity index (χ4n) is 1.87. The van der Waals surface area contributed by atoms with Gasteiger partial charge >= 0.3 is 0 Å². The van der Waals surface area contributed by atoms with Crippen molar-refractivity contribution in [1.82, 2.24) is 10.1 Å². The number of nitrogens with two attached hydrogens (primary N) is 1. The van der Waals surface area contributed by atoms with Gasteiger partial charge in [0.1, 0.15) is 12.6 Å². The highest BCUT2D eigenvalue weighted by Crippen LogP contribution is 2.35. The van der Waals surface area contributed by atoms with Gasteiger partial charge in [-0.3, -0.25) is 0 Å². The summed E-state index contributed by atoms with van der Waals surface area (Å²) in [5.74, 6) is 1.85. The summed E-state index contributed by atoms with van der Waals surface area (Å²) in [5, 5.41) is 13.2. The second-order valence-electron chi connectivity index (χ2n) is 4.62. The van der Waals surface area contributed by atoms with Gasteiger partial charge in [0.25, 0.3) is 0 Å². The molecule has 7 nitrogen and oxygen atoms in total. The van der Waals surface area contributed by atoms with E-state index in [1.165, 1.54) is 0 Å². The first kappa shape index (κ1) is 12.9. The van der Waals surface area contributed by atoms with Crippen LogP contribution in [0.2, 0.25) is 0 Å². The molecule has 20 heavy (non-hydrogen) atoms. The second-order valence-corrected chi connectivity index (χ2v) is 4.62. The largest absolute Gasteiger partial charge is 0.485 e. The van der Waals surface area contributed by atoms with Crippen LogP contribution in [0.15, 0.2) is 28.8 Å². The van der Waals surface area contributed by atoms with Crippen molar-refractivity contribution in [3.05, 3.63) is 36.0 Å². The van der Waals surface area contributed by atoms with Crippen LogP contribution in [0.25, 0.3) is 0 Å². The van der Waals surface area contributed by atoms with Crippen LogP contribution in [0.5, 0.6) is 11.5 Å². The first-order valence-corrected chi connectivity index (χ1v) is 6.31. The van der Waals surface area contributed by atoms with Crippen LogP contribution in [0, 0.1) is 0 Å². The Morgan fingerprint density at radius 2 is 2.10 bits per heavy atom. The first-order chi connectivity index (χ1) is 9.65. The number of benzene rings is 1. The Labute approximate surface area is 115 Å². The minimum atomic E-state index is -0.771. The van der Waals surface area contributed by atoms with Gasteiger partial charge in [0.15, 0.2) is 17.6 Å². The van der Waals surface area contributed by atoms with E-state index in [0.29, 0.717) is 23.9 Å². The van der Waals surface area contributed by atoms with Crippen molar-refractivity contribution in [3.63, 3.8) is 0 Å². The van der Waals surface area contributed by atoms with Gasteiger partial charge < -0.3 is 24.8 Å². The van der Waals surface area contributed by atoms with E-state index >= 15 is 0 Å². The summed E-state index contributed by atoms with van der Waals surface area (Å²) in [6, 6.07) is 6.65. The van der Waals surface area contributed by atoms with Gasteiger partial charge in [-0.1, -0.05) is 17.3 Å². The molecule has 1 aromatic heterocycles. The average Bonchev–Trinajstić information content (AvgIpc) is 2.95. The van der Waals surface area contributed by atoms with Gasteiger partial charge in [0.2, 0.25) is 11.7 Å². The van der Waals surface area contributed by atoms with Gasteiger partial charge in [0, 0.05) is 0 Å². The number of aliphatic hydroxyl groups excluding tert-OH is 1. The maximum Gasteiger partial charge on any atom is 0.246 e. The molecule has 0 fully saturated rings. The van der Waals surface area contributed by atoms with E-state index in [2.05, 4.69) is 10.1 Å². The molecule has 0 saturated carbocycles. The van der Waals surface area contributed by atoms with E-state index in [4.69, 9.17) is 19.7 Å². The van der Waals surface area contributed by atoms with Crippen LogP contribution in [-0.4, -0.2) is 28.0 Å². The van der Waals surface area contributed by atoms with Crippen LogP contribution < -0.4 is 15.2 Å². The number of aromatic nitrogens is 2. The molecule has 1 aliphatic rings. The Morgan fingerprint density at radius 1 is 1.35 bits per heavy atom. The number of aliphatic hydroxyl groups is 1. The van der Waals surface area contributed by atoms with E-state index in [9.17, 15) is 5.11 Å². The van der Waals surface area contributed by atoms with Crippen LogP contribution in [0.3, 0.4) is 0 Å². The minimum Gasteiger partial charge on any atom is -0.485 e. The molecular formula is C13H15N3O4. The lowest BCUT2D eigenvalue weighted by molar-refractivity contribution is 0.0832. The maximum atomic E-state index is 9.42. The molecule has 1 aliphatic heterocycles. The predicted molar refractivity (Wildman–Crippen MR) is 68.2 cm³/mol. The number of fused-ring (bicyclic) bond motifs is 1. The lowest BCUT2D eigenvalue weighted by Gasteiger charge is -2.24. The highest BCUT2D eigenvalue weighted by atomic mass is 16.6. The topological polar surface area (TPSA) is 104 Å². The van der Waals surface area contributed by atoms with Crippen molar-refractivity contribution in [2.24, 2.45) is 5.73 Å². The number of para-hydroxylation sites is 2. The van der Waals surface area contributed by atoms with E-state index in [1.807, 2.05) is 24.3 Å². The third-order valence-corrected chi connectivity index (χ3v) is 3.06. The Bertz CT molecular complexity index is 599. The molecule has 0 spiro atoms. The lowest BCUT2D eigenvalue weighted by atomic mass is 10.2. The number of hydrogen-bond donors (Lipinski definition) is 2. The Hall–Kier alpha value is -2.12. The van der Waals surface area contributed by atoms with E-state index < -0.39 is 18.2 Å². The van der Waals surface area contributed by atoms with Gasteiger partial charge in [-0.25, -0.2) is 0 Å². The Kier molecular flexibility index (Phi) is 3.29. The Morgan fingerprint density at radius 3 is 2.85 bits per heavy atom. The van der Waals surface area contributed by atoms with Gasteiger partial charge in [-0.15, -0.1) is 0 Å². The fraction of sp³-hybridized carbons (Fsp3) is 0.385. The van der Waals surface area contributed by atoms with Gasteiger partial charge in [-0.2, -0.15) is 4.98 Å². The summed E-state index contributed by atoms with van der Waals surface area (Å²) in [5.41, 5.74) is 5.74. The molecule has 2 heterocycles. The zero-order valence-corrected chi connectivity index (χ0v) is 10.9. The van der Waals surface area contributed by atoms with Crippen molar-refractivity contribution in [3.8, 4) is 11.5 Å². The molecule has 0 radical (unpaired) electrons. The fourth-order valence-corrected chi connectivity index (χ4v) is 1.87. The predicted octanol–water partition coefficient (Wildman–Crippen LogP) is 0.963. The number of hydrogen-bond acceptors (Lipinski definition) is 7. The summed E-state index contributed by atoms with van der Waals surface area (Å²) < 4.78 is 16.4. The van der Waals surface area contributed by atoms with Crippen molar-refractivity contribution < 1.29 is 19.1 Å². The Balaban J connectivity index is 1.78. The third kappa shape index (κ3) is 2.33. The van der Waals surface area contributed by atoms with Gasteiger partial charge in [0.05, 0.1) is 6.10 Å². The quantitative estimate of drug-likeness (QED) is 0.861. The van der Waals surface area contributed by atoms with Gasteiger partial charge in [-0.05, 0) is 19.1 Å². The van der Waals surface area contributed by atoms with Crippen molar-refractivity contribution in [1.29, 1.82) is 0 Å². The highest BCUT2D eigenvalue weighted by Gasteiger charge is 2.28. The highest BCUT2D eigenvalue weighted by molar-refractivity contribution is 5.40. The molecule has 0 saturated heterocycles. The van der Waals surface area contributed by atoms with Crippen molar-refractivity contribution in [2.45, 2.75) is 25.2 Å². The second kappa shape index (κ2) is 5.10. The van der Waals surface area contributed by atoms with E-state index in [-0.39, 0.29) is 5.89 Å². The van der Waals surface area contributed by atoms with Crippen LogP contribution in [0.1, 0.15) is 30.8 Å². The minimum absolute atomic E-state index is 0.178. The molecule has 3 rings (SSSR count). The molecule has 3 atom stereocenters. The smallest absolute Gasteiger partial charge is 0.246 e. The summed E-state index contributed by atoms with van der Waals surface area (Å²) in [4.78, 5) is 4.16. The summed E-state index contributed by atoms with van der Waals surface area (Å²) in [6.07, 6.45) is -1.23. The lowest BCUT2D eigenvalue weighted by Crippen LogP contribution is -2.24. The monoisotopic (exact) mass is 277 g/mol. The summed E-state index contributed by atoms with van der Waals surface area (Å²) >= 11 is 0. The molecule has 1 aromatic carbocycles. The molecule has 0 amide bonds.